The van der Waals surface area contributed by atoms with Crippen LogP contribution in [0.25, 0.3) is 0 Å². The maximum Gasteiger partial charge on any atom is 0.162 e. The molecule has 0 aromatic carbocycles. The van der Waals surface area contributed by atoms with E-state index in [9.17, 15) is 5.11 Å². The van der Waals surface area contributed by atoms with Crippen molar-refractivity contribution >= 4 is 34.5 Å². The number of aliphatic hydroxyl groups is 1. The van der Waals surface area contributed by atoms with Gasteiger partial charge in [0.15, 0.2) is 5.75 Å². The van der Waals surface area contributed by atoms with Crippen LogP contribution in [-0.4, -0.2) is 22.0 Å². The monoisotopic (exact) mass is 292 g/mol. The van der Waals surface area contributed by atoms with E-state index in [0.717, 1.165) is 0 Å². The molecule has 17 heavy (non-hydrogen) atoms. The molecule has 7 heteroatoms. The maximum atomic E-state index is 10.3. The third-order valence-corrected chi connectivity index (χ3v) is 3.92. The number of nitrogens with zero attached hydrogens (tertiary/aromatic N) is 2. The fourth-order valence-corrected chi connectivity index (χ4v) is 3.10. The minimum Gasteiger partial charge on any atom is -0.493 e. The molecule has 1 atom stereocenters. The number of aromatic nitrogens is 2. The molecule has 0 fully saturated rings. The molecule has 0 aliphatic heterocycles. The van der Waals surface area contributed by atoms with E-state index in [-0.39, 0.29) is 0 Å². The van der Waals surface area contributed by atoms with Crippen LogP contribution in [0.1, 0.15) is 17.4 Å². The Labute approximate surface area is 112 Å². The fraction of sp³-hybridized carbons (Fsp3) is 0.300. The van der Waals surface area contributed by atoms with Crippen LogP contribution in [0, 0.1) is 0 Å². The maximum absolute atomic E-state index is 10.3. The van der Waals surface area contributed by atoms with Gasteiger partial charge in [-0.3, -0.25) is 4.68 Å². The largest absolute Gasteiger partial charge is 0.493 e. The Morgan fingerprint density at radius 3 is 2.76 bits per heavy atom. The van der Waals surface area contributed by atoms with Crippen molar-refractivity contribution in [3.05, 3.63) is 32.2 Å². The zero-order valence-electron chi connectivity index (χ0n) is 9.15. The molecule has 0 spiro atoms. The number of hydrogen-bond acceptors (Lipinski definition) is 4. The second-order valence-corrected chi connectivity index (χ2v) is 5.69. The summed E-state index contributed by atoms with van der Waals surface area (Å²) >= 11 is 13.1. The third kappa shape index (κ3) is 2.28. The molecule has 0 bridgehead atoms. The topological polar surface area (TPSA) is 47.3 Å². The number of halogens is 2. The van der Waals surface area contributed by atoms with E-state index in [1.54, 1.807) is 24.0 Å². The van der Waals surface area contributed by atoms with Gasteiger partial charge in [0.1, 0.15) is 16.1 Å². The SMILES string of the molecule is COc1cnn(C)c1C(O)c1cc(Cl)sc1Cl. The van der Waals surface area contributed by atoms with E-state index < -0.39 is 6.10 Å². The fourth-order valence-electron chi connectivity index (χ4n) is 1.58. The Hall–Kier alpha value is -0.750. The second-order valence-electron chi connectivity index (χ2n) is 3.40. The number of aliphatic hydroxyl groups excluding tert-OH is 1. The number of rotatable bonds is 3. The van der Waals surface area contributed by atoms with Crippen molar-refractivity contribution < 1.29 is 9.84 Å². The molecule has 0 saturated heterocycles. The first-order valence-corrected chi connectivity index (χ1v) is 6.30. The quantitative estimate of drug-likeness (QED) is 0.946. The highest BCUT2D eigenvalue weighted by Gasteiger charge is 2.23. The van der Waals surface area contributed by atoms with E-state index in [4.69, 9.17) is 27.9 Å². The number of ether oxygens (including phenoxy) is 1. The Kier molecular flexibility index (Phi) is 3.63. The van der Waals surface area contributed by atoms with E-state index in [2.05, 4.69) is 5.10 Å². The van der Waals surface area contributed by atoms with Crippen LogP contribution in [0.5, 0.6) is 5.75 Å². The highest BCUT2D eigenvalue weighted by Crippen LogP contribution is 2.39. The van der Waals surface area contributed by atoms with E-state index in [1.165, 1.54) is 18.4 Å². The van der Waals surface area contributed by atoms with Crippen molar-refractivity contribution in [3.63, 3.8) is 0 Å². The highest BCUT2D eigenvalue weighted by atomic mass is 35.5. The van der Waals surface area contributed by atoms with E-state index in [0.29, 0.717) is 25.7 Å². The summed E-state index contributed by atoms with van der Waals surface area (Å²) in [6.07, 6.45) is 0.633. The summed E-state index contributed by atoms with van der Waals surface area (Å²) in [6, 6.07) is 1.64. The van der Waals surface area contributed by atoms with Gasteiger partial charge in [-0.2, -0.15) is 5.10 Å². The van der Waals surface area contributed by atoms with Gasteiger partial charge < -0.3 is 9.84 Å². The molecule has 92 valence electrons. The number of thiophene rings is 1. The van der Waals surface area contributed by atoms with Crippen molar-refractivity contribution in [1.29, 1.82) is 0 Å². The van der Waals surface area contributed by atoms with Gasteiger partial charge in [0.05, 0.1) is 17.6 Å². The molecular formula is C10H10Cl2N2O2S. The summed E-state index contributed by atoms with van der Waals surface area (Å²) in [4.78, 5) is 0. The lowest BCUT2D eigenvalue weighted by molar-refractivity contribution is 0.205. The number of aryl methyl sites for hydroxylation is 1. The van der Waals surface area contributed by atoms with E-state index in [1.807, 2.05) is 0 Å². The van der Waals surface area contributed by atoms with E-state index >= 15 is 0 Å². The van der Waals surface area contributed by atoms with Crippen LogP contribution < -0.4 is 4.74 Å². The smallest absolute Gasteiger partial charge is 0.162 e. The molecule has 0 aliphatic carbocycles. The average molecular weight is 293 g/mol. The number of hydrogen-bond donors (Lipinski definition) is 1. The van der Waals surface area contributed by atoms with Gasteiger partial charge >= 0.3 is 0 Å². The van der Waals surface area contributed by atoms with Gasteiger partial charge in [-0.1, -0.05) is 23.2 Å². The van der Waals surface area contributed by atoms with Crippen molar-refractivity contribution in [2.75, 3.05) is 7.11 Å². The van der Waals surface area contributed by atoms with Gasteiger partial charge in [-0.05, 0) is 6.07 Å². The zero-order chi connectivity index (χ0) is 12.6. The Bertz CT molecular complexity index is 538. The van der Waals surface area contributed by atoms with Crippen LogP contribution >= 0.6 is 34.5 Å². The minimum absolute atomic E-state index is 0.464. The van der Waals surface area contributed by atoms with Gasteiger partial charge in [0.2, 0.25) is 0 Å². The molecule has 0 saturated carbocycles. The Morgan fingerprint density at radius 2 is 2.24 bits per heavy atom. The lowest BCUT2D eigenvalue weighted by Crippen LogP contribution is -2.07. The highest BCUT2D eigenvalue weighted by molar-refractivity contribution is 7.20. The zero-order valence-corrected chi connectivity index (χ0v) is 11.5. The van der Waals surface area contributed by atoms with Crippen LogP contribution in [0.4, 0.5) is 0 Å². The molecule has 4 nitrogen and oxygen atoms in total. The summed E-state index contributed by atoms with van der Waals surface area (Å²) in [7, 11) is 3.25. The lowest BCUT2D eigenvalue weighted by atomic mass is 10.1. The average Bonchev–Trinajstić information content (AvgIpc) is 2.80. The summed E-state index contributed by atoms with van der Waals surface area (Å²) in [5.41, 5.74) is 1.10. The Morgan fingerprint density at radius 1 is 1.53 bits per heavy atom. The van der Waals surface area contributed by atoms with Crippen molar-refractivity contribution in [1.82, 2.24) is 9.78 Å². The molecule has 2 rings (SSSR count). The van der Waals surface area contributed by atoms with Crippen LogP contribution in [0.2, 0.25) is 8.67 Å². The standard InChI is InChI=1S/C10H10Cl2N2O2S/c1-14-8(6(16-2)4-13-14)9(15)5-3-7(11)17-10(5)12/h3-4,9,15H,1-2H3. The third-order valence-electron chi connectivity index (χ3n) is 2.41. The summed E-state index contributed by atoms with van der Waals surface area (Å²) < 4.78 is 7.68. The molecular weight excluding hydrogens is 283 g/mol. The van der Waals surface area contributed by atoms with Crippen LogP contribution in [0.3, 0.4) is 0 Å². The predicted octanol–water partition coefficient (Wildman–Crippen LogP) is 2.88. The summed E-state index contributed by atoms with van der Waals surface area (Å²) in [6.45, 7) is 0. The summed E-state index contributed by atoms with van der Waals surface area (Å²) in [5, 5.41) is 14.3. The van der Waals surface area contributed by atoms with Gasteiger partial charge in [0.25, 0.3) is 0 Å². The first-order chi connectivity index (χ1) is 8.04. The number of methoxy groups -OCH3 is 1. The second kappa shape index (κ2) is 4.86. The van der Waals surface area contributed by atoms with Crippen molar-refractivity contribution in [2.24, 2.45) is 7.05 Å². The van der Waals surface area contributed by atoms with Gasteiger partial charge in [-0.15, -0.1) is 11.3 Å². The first kappa shape index (κ1) is 12.7. The van der Waals surface area contributed by atoms with Gasteiger partial charge in [0, 0.05) is 12.6 Å². The molecule has 2 aromatic rings. The predicted molar refractivity (Wildman–Crippen MR) is 68.2 cm³/mol. The molecule has 0 radical (unpaired) electrons. The summed E-state index contributed by atoms with van der Waals surface area (Å²) in [5.74, 6) is 0.512. The van der Waals surface area contributed by atoms with Crippen molar-refractivity contribution in [2.45, 2.75) is 6.10 Å². The van der Waals surface area contributed by atoms with Crippen LogP contribution in [-0.2, 0) is 7.05 Å². The molecule has 0 amide bonds. The molecule has 2 aromatic heterocycles. The normalized spacial score (nSPS) is 12.8. The van der Waals surface area contributed by atoms with Crippen molar-refractivity contribution in [3.8, 4) is 5.75 Å². The Balaban J connectivity index is 2.46. The minimum atomic E-state index is -0.909. The lowest BCUT2D eigenvalue weighted by Gasteiger charge is -2.12. The van der Waals surface area contributed by atoms with Gasteiger partial charge in [-0.25, -0.2) is 0 Å². The molecule has 1 unspecified atom stereocenters. The molecule has 1 N–H and O–H groups in total. The first-order valence-electron chi connectivity index (χ1n) is 4.73. The van der Waals surface area contributed by atoms with Crippen LogP contribution in [0.15, 0.2) is 12.3 Å². The molecule has 0 aliphatic rings. The molecule has 2 heterocycles.